The number of nitrogens with zero attached hydrogens (tertiary/aromatic N) is 3. The van der Waals surface area contributed by atoms with E-state index in [0.29, 0.717) is 25.6 Å². The molecule has 0 bridgehead atoms. The highest BCUT2D eigenvalue weighted by atomic mass is 35.5. The average Bonchev–Trinajstić information content (AvgIpc) is 3.33. The Bertz CT molecular complexity index is 1710. The van der Waals surface area contributed by atoms with E-state index in [4.69, 9.17) is 16.3 Å². The van der Waals surface area contributed by atoms with Crippen LogP contribution in [-0.2, 0) is 9.53 Å². The maximum atomic E-state index is 13.8. The Morgan fingerprint density at radius 3 is 2.49 bits per heavy atom. The molecule has 4 aromatic rings. The van der Waals surface area contributed by atoms with Crippen LogP contribution < -0.4 is 14.9 Å². The molecule has 0 N–H and O–H groups in total. The van der Waals surface area contributed by atoms with Crippen LogP contribution in [0.3, 0.4) is 0 Å². The molecular formula is C29H26ClN3O3S. The van der Waals surface area contributed by atoms with Gasteiger partial charge in [0.1, 0.15) is 0 Å². The van der Waals surface area contributed by atoms with Crippen molar-refractivity contribution in [1.29, 1.82) is 0 Å². The Morgan fingerprint density at radius 1 is 1.11 bits per heavy atom. The summed E-state index contributed by atoms with van der Waals surface area (Å²) < 4.78 is 9.65. The fourth-order valence-corrected chi connectivity index (χ4v) is 5.97. The molecule has 1 aliphatic rings. The number of esters is 1. The van der Waals surface area contributed by atoms with Crippen molar-refractivity contribution in [2.45, 2.75) is 33.7 Å². The molecule has 3 heterocycles. The SMILES string of the molecule is CCOC(=O)C1=C(C)N=c2s/c(=C/c3cc(C)n(-c4ccc(Cl)cc4)c3C)c(=O)n2C1c1ccccc1. The molecule has 5 rings (SSSR count). The molecule has 1 atom stereocenters. The highest BCUT2D eigenvalue weighted by Crippen LogP contribution is 2.30. The minimum absolute atomic E-state index is 0.191. The van der Waals surface area contributed by atoms with Gasteiger partial charge >= 0.3 is 5.97 Å². The Hall–Kier alpha value is -3.68. The van der Waals surface area contributed by atoms with Crippen LogP contribution in [-0.4, -0.2) is 21.7 Å². The summed E-state index contributed by atoms with van der Waals surface area (Å²) in [7, 11) is 0. The number of thiazole rings is 1. The van der Waals surface area contributed by atoms with Crippen LogP contribution in [0.4, 0.5) is 0 Å². The van der Waals surface area contributed by atoms with Crippen molar-refractivity contribution in [2.75, 3.05) is 6.61 Å². The van der Waals surface area contributed by atoms with Gasteiger partial charge in [-0.1, -0.05) is 53.3 Å². The largest absolute Gasteiger partial charge is 0.463 e. The van der Waals surface area contributed by atoms with Crippen LogP contribution in [0.25, 0.3) is 11.8 Å². The van der Waals surface area contributed by atoms with Gasteiger partial charge in [-0.2, -0.15) is 0 Å². The third-order valence-corrected chi connectivity index (χ3v) is 7.71. The molecule has 37 heavy (non-hydrogen) atoms. The number of hydrogen-bond donors (Lipinski definition) is 0. The zero-order valence-corrected chi connectivity index (χ0v) is 22.6. The lowest BCUT2D eigenvalue weighted by atomic mass is 9.96. The fourth-order valence-electron chi connectivity index (χ4n) is 4.80. The smallest absolute Gasteiger partial charge is 0.338 e. The van der Waals surface area contributed by atoms with E-state index in [2.05, 4.69) is 15.6 Å². The number of carbonyl (C=O) groups is 1. The number of carbonyl (C=O) groups excluding carboxylic acids is 1. The van der Waals surface area contributed by atoms with E-state index < -0.39 is 12.0 Å². The minimum atomic E-state index is -0.611. The predicted octanol–water partition coefficient (Wildman–Crippen LogP) is 4.86. The lowest BCUT2D eigenvalue weighted by Crippen LogP contribution is -2.39. The predicted molar refractivity (Wildman–Crippen MR) is 147 cm³/mol. The molecule has 188 valence electrons. The maximum absolute atomic E-state index is 13.8. The average molecular weight is 532 g/mol. The fraction of sp³-hybridized carbons (Fsp3) is 0.207. The molecule has 2 aromatic heterocycles. The van der Waals surface area contributed by atoms with Gasteiger partial charge in [-0.05, 0) is 75.2 Å². The van der Waals surface area contributed by atoms with E-state index in [1.807, 2.05) is 74.5 Å². The quantitative estimate of drug-likeness (QED) is 0.345. The van der Waals surface area contributed by atoms with Crippen LogP contribution in [0.15, 0.2) is 81.7 Å². The summed E-state index contributed by atoms with van der Waals surface area (Å²) in [4.78, 5) is 32.0. The first-order valence-electron chi connectivity index (χ1n) is 12.0. The number of ether oxygens (including phenoxy) is 1. The molecule has 0 spiro atoms. The highest BCUT2D eigenvalue weighted by molar-refractivity contribution is 7.07. The Balaban J connectivity index is 1.68. The number of rotatable bonds is 5. The van der Waals surface area contributed by atoms with E-state index in [1.165, 1.54) is 11.3 Å². The van der Waals surface area contributed by atoms with Crippen LogP contribution in [0.5, 0.6) is 0 Å². The summed E-state index contributed by atoms with van der Waals surface area (Å²) in [5.41, 5.74) is 5.57. The molecule has 0 saturated heterocycles. The molecule has 0 amide bonds. The molecular weight excluding hydrogens is 506 g/mol. The van der Waals surface area contributed by atoms with Crippen molar-refractivity contribution >= 4 is 35.0 Å². The zero-order chi connectivity index (χ0) is 26.3. The molecule has 0 saturated carbocycles. The molecule has 0 fully saturated rings. The van der Waals surface area contributed by atoms with Gasteiger partial charge in [0, 0.05) is 22.1 Å². The van der Waals surface area contributed by atoms with Gasteiger partial charge in [-0.25, -0.2) is 9.79 Å². The van der Waals surface area contributed by atoms with Gasteiger partial charge in [0.15, 0.2) is 4.80 Å². The first-order valence-corrected chi connectivity index (χ1v) is 13.2. The summed E-state index contributed by atoms with van der Waals surface area (Å²) in [6.45, 7) is 7.86. The molecule has 0 aliphatic carbocycles. The van der Waals surface area contributed by atoms with Crippen molar-refractivity contribution in [3.05, 3.63) is 119 Å². The van der Waals surface area contributed by atoms with Crippen LogP contribution >= 0.6 is 22.9 Å². The number of hydrogen-bond acceptors (Lipinski definition) is 5. The summed E-state index contributed by atoms with van der Waals surface area (Å²) in [6.07, 6.45) is 1.91. The van der Waals surface area contributed by atoms with Crippen molar-refractivity contribution in [2.24, 2.45) is 4.99 Å². The van der Waals surface area contributed by atoms with Crippen LogP contribution in [0, 0.1) is 13.8 Å². The molecule has 0 radical (unpaired) electrons. The van der Waals surface area contributed by atoms with Crippen molar-refractivity contribution < 1.29 is 9.53 Å². The van der Waals surface area contributed by atoms with Crippen molar-refractivity contribution in [1.82, 2.24) is 9.13 Å². The third-order valence-electron chi connectivity index (χ3n) is 6.47. The number of aryl methyl sites for hydroxylation is 1. The van der Waals surface area contributed by atoms with Crippen LogP contribution in [0.2, 0.25) is 5.02 Å². The highest BCUT2D eigenvalue weighted by Gasteiger charge is 2.33. The van der Waals surface area contributed by atoms with Gasteiger partial charge in [0.2, 0.25) is 0 Å². The monoisotopic (exact) mass is 531 g/mol. The molecule has 1 aliphatic heterocycles. The lowest BCUT2D eigenvalue weighted by Gasteiger charge is -2.24. The van der Waals surface area contributed by atoms with Gasteiger partial charge in [0.05, 0.1) is 28.5 Å². The molecule has 8 heteroatoms. The molecule has 2 aromatic carbocycles. The zero-order valence-electron chi connectivity index (χ0n) is 21.0. The van der Waals surface area contributed by atoms with E-state index >= 15 is 0 Å². The second-order valence-electron chi connectivity index (χ2n) is 8.85. The van der Waals surface area contributed by atoms with E-state index in [9.17, 15) is 9.59 Å². The first kappa shape index (κ1) is 25.0. The summed E-state index contributed by atoms with van der Waals surface area (Å²) in [5, 5.41) is 0.679. The Morgan fingerprint density at radius 2 is 1.81 bits per heavy atom. The summed E-state index contributed by atoms with van der Waals surface area (Å²) >= 11 is 7.40. The van der Waals surface area contributed by atoms with E-state index in [0.717, 1.165) is 28.2 Å². The summed E-state index contributed by atoms with van der Waals surface area (Å²) in [6, 6.07) is 18.7. The van der Waals surface area contributed by atoms with Crippen molar-refractivity contribution in [3.63, 3.8) is 0 Å². The number of allylic oxidation sites excluding steroid dienone is 1. The van der Waals surface area contributed by atoms with Gasteiger partial charge in [-0.3, -0.25) is 9.36 Å². The normalized spacial score (nSPS) is 15.5. The van der Waals surface area contributed by atoms with Gasteiger partial charge < -0.3 is 9.30 Å². The lowest BCUT2D eigenvalue weighted by molar-refractivity contribution is -0.139. The number of halogens is 1. The van der Waals surface area contributed by atoms with Crippen molar-refractivity contribution in [3.8, 4) is 5.69 Å². The number of fused-ring (bicyclic) bond motifs is 1. The topological polar surface area (TPSA) is 65.6 Å². The minimum Gasteiger partial charge on any atom is -0.463 e. The second-order valence-corrected chi connectivity index (χ2v) is 10.3. The summed E-state index contributed by atoms with van der Waals surface area (Å²) in [5.74, 6) is -0.460. The second kappa shape index (κ2) is 10.00. The third kappa shape index (κ3) is 4.49. The van der Waals surface area contributed by atoms with Gasteiger partial charge in [-0.15, -0.1) is 0 Å². The number of aromatic nitrogens is 2. The first-order chi connectivity index (χ1) is 17.8. The Kier molecular flexibility index (Phi) is 6.75. The maximum Gasteiger partial charge on any atom is 0.338 e. The van der Waals surface area contributed by atoms with Gasteiger partial charge in [0.25, 0.3) is 5.56 Å². The molecule has 6 nitrogen and oxygen atoms in total. The van der Waals surface area contributed by atoms with E-state index in [1.54, 1.807) is 18.4 Å². The van der Waals surface area contributed by atoms with E-state index in [-0.39, 0.29) is 12.2 Å². The standard InChI is InChI=1S/C29H26ClN3O3S/c1-5-36-28(35)25-18(3)31-29-33(26(25)20-9-7-6-8-10-20)27(34)24(37-29)16-21-15-17(2)32(19(21)4)23-13-11-22(30)12-14-23/h6-16,26H,5H2,1-4H3/b24-16+. The van der Waals surface area contributed by atoms with Crippen LogP contribution in [0.1, 0.15) is 42.4 Å². The number of benzene rings is 2. The molecule has 1 unspecified atom stereocenters. The Labute approximate surface area is 223 Å².